The second-order valence-electron chi connectivity index (χ2n) is 10.3. The van der Waals surface area contributed by atoms with Crippen LogP contribution in [0.2, 0.25) is 0 Å². The van der Waals surface area contributed by atoms with Gasteiger partial charge in [-0.25, -0.2) is 9.07 Å². The van der Waals surface area contributed by atoms with E-state index in [9.17, 15) is 4.39 Å². The number of anilines is 1. The van der Waals surface area contributed by atoms with Gasteiger partial charge in [0.25, 0.3) is 0 Å². The van der Waals surface area contributed by atoms with Gasteiger partial charge >= 0.3 is 0 Å². The highest BCUT2D eigenvalue weighted by Gasteiger charge is 2.45. The third kappa shape index (κ3) is 3.67. The number of halogens is 1. The topological polar surface area (TPSA) is 30.3 Å². The van der Waals surface area contributed by atoms with Crippen LogP contribution in [0.4, 0.5) is 10.1 Å². The van der Waals surface area contributed by atoms with Gasteiger partial charge in [0.2, 0.25) is 0 Å². The summed E-state index contributed by atoms with van der Waals surface area (Å²) in [5.41, 5.74) is 7.95. The van der Waals surface area contributed by atoms with Gasteiger partial charge in [0.05, 0.1) is 30.3 Å². The van der Waals surface area contributed by atoms with E-state index < -0.39 is 0 Å². The van der Waals surface area contributed by atoms with Crippen LogP contribution in [0.15, 0.2) is 42.6 Å². The molecule has 3 aromatic rings. The number of para-hydroxylation sites is 1. The van der Waals surface area contributed by atoms with Crippen molar-refractivity contribution in [1.29, 1.82) is 0 Å². The molecule has 1 aliphatic heterocycles. The molecular weight excluding hydrogens is 413 g/mol. The Kier molecular flexibility index (Phi) is 5.06. The maximum absolute atomic E-state index is 14.1. The maximum Gasteiger partial charge on any atom is 0.128 e. The van der Waals surface area contributed by atoms with E-state index in [-0.39, 0.29) is 11.9 Å². The van der Waals surface area contributed by atoms with Crippen molar-refractivity contribution in [2.45, 2.75) is 71.1 Å². The highest BCUT2D eigenvalue weighted by atomic mass is 19.1. The Labute approximate surface area is 195 Å². The number of rotatable bonds is 6. The molecule has 2 aromatic carbocycles. The summed E-state index contributed by atoms with van der Waals surface area (Å²) in [6.45, 7) is 7.68. The molecule has 0 amide bonds. The van der Waals surface area contributed by atoms with E-state index in [0.717, 1.165) is 25.1 Å². The van der Waals surface area contributed by atoms with Crippen molar-refractivity contribution in [2.24, 2.45) is 5.92 Å². The van der Waals surface area contributed by atoms with Gasteiger partial charge in [-0.05, 0) is 86.8 Å². The zero-order chi connectivity index (χ0) is 22.7. The van der Waals surface area contributed by atoms with Crippen LogP contribution in [0.5, 0.6) is 0 Å². The summed E-state index contributed by atoms with van der Waals surface area (Å²) in [5, 5.41) is 4.82. The average molecular weight is 446 g/mol. The zero-order valence-electron chi connectivity index (χ0n) is 19.7. The first-order valence-electron chi connectivity index (χ1n) is 12.3. The first kappa shape index (κ1) is 20.9. The second-order valence-corrected chi connectivity index (χ2v) is 10.3. The lowest BCUT2D eigenvalue weighted by atomic mass is 10.0. The van der Waals surface area contributed by atoms with Crippen LogP contribution in [0.25, 0.3) is 5.69 Å². The molecule has 172 valence electrons. The van der Waals surface area contributed by atoms with Gasteiger partial charge in [-0.1, -0.05) is 24.3 Å². The fraction of sp³-hybridized carbons (Fsp3) is 0.464. The Hall–Kier alpha value is -2.66. The number of benzene rings is 2. The summed E-state index contributed by atoms with van der Waals surface area (Å²) < 4.78 is 22.9. The molecule has 1 saturated heterocycles. The summed E-state index contributed by atoms with van der Waals surface area (Å²) >= 11 is 0. The molecule has 5 heteroatoms. The van der Waals surface area contributed by atoms with Crippen molar-refractivity contribution in [3.8, 4) is 5.69 Å². The molecule has 0 N–H and O–H groups in total. The third-order valence-corrected chi connectivity index (χ3v) is 7.97. The third-order valence-electron chi connectivity index (χ3n) is 7.97. The normalized spacial score (nSPS) is 24.1. The predicted molar refractivity (Wildman–Crippen MR) is 129 cm³/mol. The van der Waals surface area contributed by atoms with Crippen molar-refractivity contribution >= 4 is 5.69 Å². The van der Waals surface area contributed by atoms with E-state index in [0.29, 0.717) is 30.0 Å². The summed E-state index contributed by atoms with van der Waals surface area (Å²) in [5.74, 6) is 1.02. The van der Waals surface area contributed by atoms with Crippen molar-refractivity contribution in [3.63, 3.8) is 0 Å². The standard InChI is InChI=1S/C28H32FN3O/c1-17-7-10-22(12-25(17)29)31-15-21-11-23(31)13-27(21)33-16-26-24(20-8-9-20)14-30-32(26)28-18(2)5-4-6-19(28)3/h4-7,10,12,14,20-21,23,27H,8-9,11,13,15-16H2,1-3H3/t21-,23-,27+/m0/s1. The molecule has 2 bridgehead atoms. The van der Waals surface area contributed by atoms with Crippen LogP contribution >= 0.6 is 0 Å². The van der Waals surface area contributed by atoms with Crippen LogP contribution in [0.3, 0.4) is 0 Å². The lowest BCUT2D eigenvalue weighted by Crippen LogP contribution is -2.38. The van der Waals surface area contributed by atoms with Crippen LogP contribution in [0, 0.1) is 32.5 Å². The van der Waals surface area contributed by atoms with Gasteiger partial charge in [-0.15, -0.1) is 0 Å². The maximum atomic E-state index is 14.1. The minimum atomic E-state index is -0.115. The Balaban J connectivity index is 1.20. The van der Waals surface area contributed by atoms with Crippen molar-refractivity contribution < 1.29 is 9.13 Å². The molecule has 1 aromatic heterocycles. The molecule has 2 heterocycles. The van der Waals surface area contributed by atoms with Crippen molar-refractivity contribution in [1.82, 2.24) is 9.78 Å². The summed E-state index contributed by atoms with van der Waals surface area (Å²) in [6, 6.07) is 12.5. The number of nitrogens with zero attached hydrogens (tertiary/aromatic N) is 3. The van der Waals surface area contributed by atoms with Crippen LogP contribution in [0.1, 0.15) is 59.5 Å². The number of aryl methyl sites for hydroxylation is 3. The minimum absolute atomic E-state index is 0.115. The number of hydrogen-bond donors (Lipinski definition) is 0. The zero-order valence-corrected chi connectivity index (χ0v) is 19.7. The predicted octanol–water partition coefficient (Wildman–Crippen LogP) is 6.00. The van der Waals surface area contributed by atoms with Crippen LogP contribution < -0.4 is 4.90 Å². The van der Waals surface area contributed by atoms with Gasteiger partial charge < -0.3 is 9.64 Å². The Bertz CT molecular complexity index is 1180. The first-order chi connectivity index (χ1) is 16.0. The SMILES string of the molecule is Cc1ccc(N2C[C@@H]3C[C@H]2C[C@H]3OCc2c(C3CC3)cnn2-c2c(C)cccc2C)cc1F. The fourth-order valence-electron chi connectivity index (χ4n) is 5.97. The molecule has 6 rings (SSSR count). The van der Waals surface area contributed by atoms with Gasteiger partial charge in [-0.2, -0.15) is 5.10 Å². The number of hydrogen-bond acceptors (Lipinski definition) is 3. The quantitative estimate of drug-likeness (QED) is 0.466. The average Bonchev–Trinajstić information content (AvgIpc) is 3.25. The molecule has 3 atom stereocenters. The minimum Gasteiger partial charge on any atom is -0.371 e. The monoisotopic (exact) mass is 445 g/mol. The fourth-order valence-corrected chi connectivity index (χ4v) is 5.97. The van der Waals surface area contributed by atoms with Crippen molar-refractivity contribution in [3.05, 3.63) is 76.4 Å². The molecule has 3 fully saturated rings. The Morgan fingerprint density at radius 1 is 1.03 bits per heavy atom. The molecule has 33 heavy (non-hydrogen) atoms. The van der Waals surface area contributed by atoms with Gasteiger partial charge in [0.15, 0.2) is 0 Å². The van der Waals surface area contributed by atoms with E-state index in [1.54, 1.807) is 6.07 Å². The van der Waals surface area contributed by atoms with E-state index in [1.807, 2.05) is 13.0 Å². The van der Waals surface area contributed by atoms with Gasteiger partial charge in [0.1, 0.15) is 5.82 Å². The molecule has 4 nitrogen and oxygen atoms in total. The molecule has 2 saturated carbocycles. The van der Waals surface area contributed by atoms with Gasteiger partial charge in [0, 0.05) is 24.2 Å². The summed E-state index contributed by atoms with van der Waals surface area (Å²) in [7, 11) is 0. The highest BCUT2D eigenvalue weighted by Crippen LogP contribution is 2.45. The van der Waals surface area contributed by atoms with Gasteiger partial charge in [-0.3, -0.25) is 0 Å². The Morgan fingerprint density at radius 2 is 1.82 bits per heavy atom. The largest absolute Gasteiger partial charge is 0.371 e. The molecule has 0 radical (unpaired) electrons. The summed E-state index contributed by atoms with van der Waals surface area (Å²) in [4.78, 5) is 2.38. The molecule has 0 unspecified atom stereocenters. The van der Waals surface area contributed by atoms with Crippen LogP contribution in [-0.2, 0) is 11.3 Å². The lowest BCUT2D eigenvalue weighted by Gasteiger charge is -2.33. The van der Waals surface area contributed by atoms with E-state index in [1.165, 1.54) is 40.9 Å². The molecule has 0 spiro atoms. The van der Waals surface area contributed by atoms with Crippen molar-refractivity contribution in [2.75, 3.05) is 11.4 Å². The summed E-state index contributed by atoms with van der Waals surface area (Å²) in [6.07, 6.45) is 6.97. The number of aromatic nitrogens is 2. The highest BCUT2D eigenvalue weighted by molar-refractivity contribution is 5.51. The first-order valence-corrected chi connectivity index (χ1v) is 12.3. The second kappa shape index (κ2) is 7.98. The Morgan fingerprint density at radius 3 is 2.48 bits per heavy atom. The van der Waals surface area contributed by atoms with E-state index >= 15 is 0 Å². The van der Waals surface area contributed by atoms with E-state index in [2.05, 4.69) is 53.9 Å². The number of fused-ring (bicyclic) bond motifs is 2. The lowest BCUT2D eigenvalue weighted by molar-refractivity contribution is 0.00991. The molecule has 2 aliphatic carbocycles. The molecular formula is C28H32FN3O. The van der Waals surface area contributed by atoms with E-state index in [4.69, 9.17) is 9.84 Å². The number of ether oxygens (including phenoxy) is 1. The smallest absolute Gasteiger partial charge is 0.128 e. The number of piperidine rings is 1. The van der Waals surface area contributed by atoms with Crippen LogP contribution in [-0.4, -0.2) is 28.5 Å². The molecule has 3 aliphatic rings.